The van der Waals surface area contributed by atoms with Crippen LogP contribution in [-0.4, -0.2) is 18.9 Å². The molecule has 18 heavy (non-hydrogen) atoms. The van der Waals surface area contributed by atoms with Crippen LogP contribution in [0, 0.1) is 6.92 Å². The lowest BCUT2D eigenvalue weighted by Crippen LogP contribution is -2.08. The Bertz CT molecular complexity index is 489. The zero-order chi connectivity index (χ0) is 13.1. The first-order valence-corrected chi connectivity index (χ1v) is 5.85. The quantitative estimate of drug-likeness (QED) is 0.609. The van der Waals surface area contributed by atoms with Crippen LogP contribution in [0.1, 0.15) is 25.0 Å². The van der Waals surface area contributed by atoms with Crippen molar-refractivity contribution in [3.8, 4) is 11.5 Å². The van der Waals surface area contributed by atoms with Gasteiger partial charge in [0.15, 0.2) is 11.5 Å². The van der Waals surface area contributed by atoms with Gasteiger partial charge in [0.25, 0.3) is 0 Å². The lowest BCUT2D eigenvalue weighted by atomic mass is 10.1. The summed E-state index contributed by atoms with van der Waals surface area (Å²) in [5.41, 5.74) is 1.94. The van der Waals surface area contributed by atoms with Crippen molar-refractivity contribution >= 4 is 12.0 Å². The average molecular weight is 248 g/mol. The molecule has 1 aliphatic heterocycles. The summed E-state index contributed by atoms with van der Waals surface area (Å²) < 4.78 is 15.6. The van der Waals surface area contributed by atoms with Gasteiger partial charge in [0.1, 0.15) is 0 Å². The smallest absolute Gasteiger partial charge is 0.331 e. The van der Waals surface area contributed by atoms with Crippen molar-refractivity contribution in [1.29, 1.82) is 0 Å². The highest BCUT2D eigenvalue weighted by Gasteiger charge is 2.14. The van der Waals surface area contributed by atoms with E-state index < -0.39 is 0 Å². The molecular weight excluding hydrogens is 232 g/mol. The second kappa shape index (κ2) is 5.12. The third-order valence-electron chi connectivity index (χ3n) is 2.51. The number of hydrogen-bond acceptors (Lipinski definition) is 4. The Morgan fingerprint density at radius 2 is 2.00 bits per heavy atom. The first kappa shape index (κ1) is 12.5. The van der Waals surface area contributed by atoms with Crippen molar-refractivity contribution in [1.82, 2.24) is 0 Å². The van der Waals surface area contributed by atoms with Crippen LogP contribution in [0.5, 0.6) is 11.5 Å². The van der Waals surface area contributed by atoms with E-state index in [1.807, 2.05) is 32.9 Å². The van der Waals surface area contributed by atoms with E-state index in [1.54, 1.807) is 6.08 Å². The van der Waals surface area contributed by atoms with Crippen LogP contribution >= 0.6 is 0 Å². The van der Waals surface area contributed by atoms with Gasteiger partial charge in [-0.15, -0.1) is 0 Å². The van der Waals surface area contributed by atoms with Gasteiger partial charge in [-0.1, -0.05) is 0 Å². The lowest BCUT2D eigenvalue weighted by molar-refractivity contribution is -0.141. The maximum Gasteiger partial charge on any atom is 0.331 e. The van der Waals surface area contributed by atoms with Gasteiger partial charge >= 0.3 is 5.97 Å². The van der Waals surface area contributed by atoms with Gasteiger partial charge in [-0.3, -0.25) is 0 Å². The van der Waals surface area contributed by atoms with Crippen molar-refractivity contribution < 1.29 is 19.0 Å². The molecule has 0 saturated carbocycles. The zero-order valence-electron chi connectivity index (χ0n) is 10.7. The van der Waals surface area contributed by atoms with E-state index in [-0.39, 0.29) is 18.9 Å². The van der Waals surface area contributed by atoms with Gasteiger partial charge in [0.05, 0.1) is 6.10 Å². The van der Waals surface area contributed by atoms with Crippen LogP contribution in [0.2, 0.25) is 0 Å². The molecule has 0 atom stereocenters. The molecule has 1 aliphatic rings. The van der Waals surface area contributed by atoms with Gasteiger partial charge in [-0.2, -0.15) is 0 Å². The fourth-order valence-corrected chi connectivity index (χ4v) is 1.67. The Labute approximate surface area is 106 Å². The molecule has 0 bridgehead atoms. The van der Waals surface area contributed by atoms with Crippen LogP contribution in [0.25, 0.3) is 6.08 Å². The van der Waals surface area contributed by atoms with Crippen molar-refractivity contribution in [2.75, 3.05) is 6.79 Å². The standard InChI is InChI=1S/C14H16O4/c1-9(2)18-14(15)5-4-11-7-13-12(6-10(11)3)16-8-17-13/h4-7,9H,8H2,1-3H3/b5-4+. The van der Waals surface area contributed by atoms with Gasteiger partial charge < -0.3 is 14.2 Å². The molecule has 4 nitrogen and oxygen atoms in total. The lowest BCUT2D eigenvalue weighted by Gasteiger charge is -2.05. The van der Waals surface area contributed by atoms with Crippen LogP contribution in [0.4, 0.5) is 0 Å². The molecule has 0 aliphatic carbocycles. The van der Waals surface area contributed by atoms with Crippen LogP contribution in [-0.2, 0) is 9.53 Å². The van der Waals surface area contributed by atoms with E-state index in [4.69, 9.17) is 14.2 Å². The highest BCUT2D eigenvalue weighted by atomic mass is 16.7. The minimum atomic E-state index is -0.345. The Kier molecular flexibility index (Phi) is 3.55. The number of ether oxygens (including phenoxy) is 3. The Morgan fingerprint density at radius 1 is 1.33 bits per heavy atom. The fourth-order valence-electron chi connectivity index (χ4n) is 1.67. The summed E-state index contributed by atoms with van der Waals surface area (Å²) in [7, 11) is 0. The number of aryl methyl sites for hydroxylation is 1. The highest BCUT2D eigenvalue weighted by molar-refractivity contribution is 5.87. The third-order valence-corrected chi connectivity index (χ3v) is 2.51. The molecule has 0 radical (unpaired) electrons. The summed E-state index contributed by atoms with van der Waals surface area (Å²) >= 11 is 0. The fraction of sp³-hybridized carbons (Fsp3) is 0.357. The van der Waals surface area contributed by atoms with Crippen LogP contribution in [0.15, 0.2) is 18.2 Å². The minimum absolute atomic E-state index is 0.111. The molecule has 0 aromatic heterocycles. The van der Waals surface area contributed by atoms with E-state index in [1.165, 1.54) is 6.08 Å². The number of carbonyl (C=O) groups is 1. The Balaban J connectivity index is 2.14. The highest BCUT2D eigenvalue weighted by Crippen LogP contribution is 2.34. The molecule has 0 N–H and O–H groups in total. The monoisotopic (exact) mass is 248 g/mol. The molecular formula is C14H16O4. The Hall–Kier alpha value is -1.97. The molecule has 2 rings (SSSR count). The first-order chi connectivity index (χ1) is 8.56. The van der Waals surface area contributed by atoms with E-state index in [0.717, 1.165) is 16.9 Å². The number of esters is 1. The predicted molar refractivity (Wildman–Crippen MR) is 67.6 cm³/mol. The van der Waals surface area contributed by atoms with Crippen LogP contribution in [0.3, 0.4) is 0 Å². The minimum Gasteiger partial charge on any atom is -0.460 e. The molecule has 96 valence electrons. The third kappa shape index (κ3) is 2.83. The second-order valence-electron chi connectivity index (χ2n) is 4.38. The number of benzene rings is 1. The van der Waals surface area contributed by atoms with E-state index in [2.05, 4.69) is 0 Å². The summed E-state index contributed by atoms with van der Waals surface area (Å²) in [4.78, 5) is 11.4. The van der Waals surface area contributed by atoms with Gasteiger partial charge in [-0.05, 0) is 50.1 Å². The van der Waals surface area contributed by atoms with Gasteiger partial charge in [0.2, 0.25) is 6.79 Å². The zero-order valence-corrected chi connectivity index (χ0v) is 10.7. The normalized spacial score (nSPS) is 13.3. The molecule has 0 fully saturated rings. The summed E-state index contributed by atoms with van der Waals surface area (Å²) in [5, 5.41) is 0. The molecule has 1 heterocycles. The second-order valence-corrected chi connectivity index (χ2v) is 4.38. The number of carbonyl (C=O) groups excluding carboxylic acids is 1. The number of rotatable bonds is 3. The molecule has 0 unspecified atom stereocenters. The Morgan fingerprint density at radius 3 is 2.67 bits per heavy atom. The van der Waals surface area contributed by atoms with Crippen molar-refractivity contribution in [2.45, 2.75) is 26.9 Å². The van der Waals surface area contributed by atoms with E-state index >= 15 is 0 Å². The maximum absolute atomic E-state index is 11.4. The topological polar surface area (TPSA) is 44.8 Å². The predicted octanol–water partition coefficient (Wildman–Crippen LogP) is 2.69. The van der Waals surface area contributed by atoms with Crippen LogP contribution < -0.4 is 9.47 Å². The largest absolute Gasteiger partial charge is 0.460 e. The number of fused-ring (bicyclic) bond motifs is 1. The van der Waals surface area contributed by atoms with Crippen molar-refractivity contribution in [2.24, 2.45) is 0 Å². The summed E-state index contributed by atoms with van der Waals surface area (Å²) in [6.07, 6.45) is 3.03. The molecule has 0 amide bonds. The van der Waals surface area contributed by atoms with Crippen molar-refractivity contribution in [3.63, 3.8) is 0 Å². The molecule has 0 saturated heterocycles. The van der Waals surface area contributed by atoms with E-state index in [0.29, 0.717) is 5.75 Å². The van der Waals surface area contributed by atoms with Gasteiger partial charge in [-0.25, -0.2) is 4.79 Å². The maximum atomic E-state index is 11.4. The summed E-state index contributed by atoms with van der Waals surface area (Å²) in [6.45, 7) is 5.84. The van der Waals surface area contributed by atoms with Crippen molar-refractivity contribution in [3.05, 3.63) is 29.3 Å². The SMILES string of the molecule is Cc1cc2c(cc1/C=C/C(=O)OC(C)C)OCO2. The first-order valence-electron chi connectivity index (χ1n) is 5.85. The molecule has 1 aromatic rings. The summed E-state index contributed by atoms with van der Waals surface area (Å²) in [5.74, 6) is 1.11. The molecule has 1 aromatic carbocycles. The summed E-state index contributed by atoms with van der Waals surface area (Å²) in [6, 6.07) is 3.76. The number of hydrogen-bond donors (Lipinski definition) is 0. The van der Waals surface area contributed by atoms with E-state index in [9.17, 15) is 4.79 Å². The van der Waals surface area contributed by atoms with Gasteiger partial charge in [0, 0.05) is 6.08 Å². The average Bonchev–Trinajstić information content (AvgIpc) is 2.71. The molecule has 0 spiro atoms. The molecule has 4 heteroatoms.